The summed E-state index contributed by atoms with van der Waals surface area (Å²) in [6, 6.07) is 15.3. The molecule has 3 unspecified atom stereocenters. The van der Waals surface area contributed by atoms with Crippen molar-refractivity contribution in [3.63, 3.8) is 0 Å². The van der Waals surface area contributed by atoms with Crippen molar-refractivity contribution in [3.05, 3.63) is 60.7 Å². The SMILES string of the molecule is C=CC(O)C1CC(C)(C)CCC1c1ccc2ccccc2c1. The molecule has 0 aromatic heterocycles. The molecular weight excluding hydrogens is 268 g/mol. The molecule has 0 aliphatic heterocycles. The summed E-state index contributed by atoms with van der Waals surface area (Å²) in [6.07, 6.45) is 4.69. The first-order valence-corrected chi connectivity index (χ1v) is 8.29. The molecule has 1 heteroatoms. The number of hydrogen-bond donors (Lipinski definition) is 1. The van der Waals surface area contributed by atoms with Gasteiger partial charge < -0.3 is 5.11 Å². The zero-order valence-corrected chi connectivity index (χ0v) is 13.6. The van der Waals surface area contributed by atoms with E-state index in [0.29, 0.717) is 11.3 Å². The van der Waals surface area contributed by atoms with Gasteiger partial charge in [0.2, 0.25) is 0 Å². The summed E-state index contributed by atoms with van der Waals surface area (Å²) in [5.41, 5.74) is 1.67. The molecular formula is C21H26O. The van der Waals surface area contributed by atoms with Crippen molar-refractivity contribution in [2.24, 2.45) is 11.3 Å². The average Bonchev–Trinajstić information content (AvgIpc) is 2.53. The Morgan fingerprint density at radius 3 is 2.64 bits per heavy atom. The van der Waals surface area contributed by atoms with E-state index in [1.165, 1.54) is 22.8 Å². The van der Waals surface area contributed by atoms with Crippen molar-refractivity contribution in [3.8, 4) is 0 Å². The molecule has 1 saturated carbocycles. The van der Waals surface area contributed by atoms with Crippen molar-refractivity contribution in [2.45, 2.75) is 45.1 Å². The van der Waals surface area contributed by atoms with Crippen molar-refractivity contribution in [2.75, 3.05) is 0 Å². The van der Waals surface area contributed by atoms with Crippen LogP contribution in [0.3, 0.4) is 0 Å². The third-order valence-corrected chi connectivity index (χ3v) is 5.32. The number of aliphatic hydroxyl groups is 1. The summed E-state index contributed by atoms with van der Waals surface area (Å²) in [5.74, 6) is 0.688. The van der Waals surface area contributed by atoms with Gasteiger partial charge in [-0.25, -0.2) is 0 Å². The second-order valence-electron chi connectivity index (χ2n) is 7.51. The van der Waals surface area contributed by atoms with E-state index in [0.717, 1.165) is 12.8 Å². The Hall–Kier alpha value is -1.60. The van der Waals surface area contributed by atoms with Crippen molar-refractivity contribution in [1.82, 2.24) is 0 Å². The number of aliphatic hydroxyl groups excluding tert-OH is 1. The fourth-order valence-electron chi connectivity index (χ4n) is 4.03. The van der Waals surface area contributed by atoms with Gasteiger partial charge in [0.05, 0.1) is 6.10 Å². The van der Waals surface area contributed by atoms with E-state index in [2.05, 4.69) is 62.9 Å². The number of rotatable bonds is 3. The van der Waals surface area contributed by atoms with Gasteiger partial charge in [0, 0.05) is 0 Å². The highest BCUT2D eigenvalue weighted by atomic mass is 16.3. The van der Waals surface area contributed by atoms with Gasteiger partial charge in [-0.3, -0.25) is 0 Å². The summed E-state index contributed by atoms with van der Waals surface area (Å²) in [4.78, 5) is 0. The third-order valence-electron chi connectivity index (χ3n) is 5.32. The number of fused-ring (bicyclic) bond motifs is 1. The smallest absolute Gasteiger partial charge is 0.0752 e. The first-order chi connectivity index (χ1) is 10.5. The van der Waals surface area contributed by atoms with E-state index in [9.17, 15) is 5.11 Å². The average molecular weight is 294 g/mol. The lowest BCUT2D eigenvalue weighted by molar-refractivity contribution is 0.0592. The van der Waals surface area contributed by atoms with Crippen LogP contribution in [-0.2, 0) is 0 Å². The van der Waals surface area contributed by atoms with Crippen LogP contribution in [0.2, 0.25) is 0 Å². The van der Waals surface area contributed by atoms with Crippen molar-refractivity contribution < 1.29 is 5.11 Å². The highest BCUT2D eigenvalue weighted by Gasteiger charge is 2.38. The summed E-state index contributed by atoms with van der Waals surface area (Å²) >= 11 is 0. The fraction of sp³-hybridized carbons (Fsp3) is 0.429. The summed E-state index contributed by atoms with van der Waals surface area (Å²) in [5, 5.41) is 13.0. The van der Waals surface area contributed by atoms with Gasteiger partial charge in [-0.05, 0) is 52.8 Å². The maximum absolute atomic E-state index is 10.4. The lowest BCUT2D eigenvalue weighted by Gasteiger charge is -2.42. The summed E-state index contributed by atoms with van der Waals surface area (Å²) in [7, 11) is 0. The van der Waals surface area contributed by atoms with Crippen LogP contribution in [0.5, 0.6) is 0 Å². The molecule has 3 rings (SSSR count). The topological polar surface area (TPSA) is 20.2 Å². The molecule has 0 amide bonds. The number of hydrogen-bond acceptors (Lipinski definition) is 1. The molecule has 3 atom stereocenters. The zero-order valence-electron chi connectivity index (χ0n) is 13.6. The summed E-state index contributed by atoms with van der Waals surface area (Å²) in [6.45, 7) is 8.44. The van der Waals surface area contributed by atoms with Crippen LogP contribution in [0.4, 0.5) is 0 Å². The van der Waals surface area contributed by atoms with E-state index in [4.69, 9.17) is 0 Å². The van der Waals surface area contributed by atoms with Gasteiger partial charge in [0.1, 0.15) is 0 Å². The summed E-state index contributed by atoms with van der Waals surface area (Å²) < 4.78 is 0. The van der Waals surface area contributed by atoms with Crippen LogP contribution in [-0.4, -0.2) is 11.2 Å². The van der Waals surface area contributed by atoms with Crippen molar-refractivity contribution in [1.29, 1.82) is 0 Å². The van der Waals surface area contributed by atoms with Crippen molar-refractivity contribution >= 4 is 10.8 Å². The highest BCUT2D eigenvalue weighted by molar-refractivity contribution is 5.83. The second kappa shape index (κ2) is 5.89. The van der Waals surface area contributed by atoms with Crippen LogP contribution in [0.25, 0.3) is 10.8 Å². The largest absolute Gasteiger partial charge is 0.389 e. The number of benzene rings is 2. The Morgan fingerprint density at radius 1 is 1.18 bits per heavy atom. The van der Waals surface area contributed by atoms with Crippen LogP contribution in [0.1, 0.15) is 44.6 Å². The molecule has 1 aliphatic rings. The van der Waals surface area contributed by atoms with Crippen LogP contribution in [0.15, 0.2) is 55.1 Å². The lowest BCUT2D eigenvalue weighted by atomic mass is 9.63. The molecule has 0 radical (unpaired) electrons. The standard InChI is InChI=1S/C21H26O/c1-4-20(22)19-14-21(2,3)12-11-18(19)17-10-9-15-7-5-6-8-16(15)13-17/h4-10,13,18-20,22H,1,11-12,14H2,2-3H3. The predicted octanol–water partition coefficient (Wildman–Crippen LogP) is 5.30. The molecule has 0 bridgehead atoms. The quantitative estimate of drug-likeness (QED) is 0.762. The monoisotopic (exact) mass is 294 g/mol. The van der Waals surface area contributed by atoms with Gasteiger partial charge in [0.25, 0.3) is 0 Å². The van der Waals surface area contributed by atoms with Gasteiger partial charge in [-0.15, -0.1) is 6.58 Å². The lowest BCUT2D eigenvalue weighted by Crippen LogP contribution is -2.35. The Balaban J connectivity index is 1.97. The van der Waals surface area contributed by atoms with E-state index < -0.39 is 6.10 Å². The molecule has 0 spiro atoms. The minimum absolute atomic E-state index is 0.266. The van der Waals surface area contributed by atoms with E-state index in [1.54, 1.807) is 6.08 Å². The van der Waals surface area contributed by atoms with Gasteiger partial charge in [0.15, 0.2) is 0 Å². The van der Waals surface area contributed by atoms with Gasteiger partial charge in [-0.1, -0.05) is 62.4 Å². The normalized spacial score (nSPS) is 25.8. The Bertz CT molecular complexity index is 670. The first kappa shape index (κ1) is 15.3. The minimum Gasteiger partial charge on any atom is -0.389 e. The highest BCUT2D eigenvalue weighted by Crippen LogP contribution is 2.48. The molecule has 2 aromatic rings. The maximum Gasteiger partial charge on any atom is 0.0752 e. The van der Waals surface area contributed by atoms with E-state index in [-0.39, 0.29) is 5.92 Å². The molecule has 1 nitrogen and oxygen atoms in total. The Morgan fingerprint density at radius 2 is 1.91 bits per heavy atom. The predicted molar refractivity (Wildman–Crippen MR) is 94.0 cm³/mol. The molecule has 1 N–H and O–H groups in total. The molecule has 116 valence electrons. The molecule has 22 heavy (non-hydrogen) atoms. The van der Waals surface area contributed by atoms with Crippen LogP contribution in [0, 0.1) is 11.3 Å². The first-order valence-electron chi connectivity index (χ1n) is 8.29. The zero-order chi connectivity index (χ0) is 15.7. The maximum atomic E-state index is 10.4. The molecule has 0 heterocycles. The fourth-order valence-corrected chi connectivity index (χ4v) is 4.03. The van der Waals surface area contributed by atoms with E-state index >= 15 is 0 Å². The van der Waals surface area contributed by atoms with E-state index in [1.807, 2.05) is 0 Å². The van der Waals surface area contributed by atoms with Crippen LogP contribution >= 0.6 is 0 Å². The molecule has 0 saturated heterocycles. The third kappa shape index (κ3) is 2.96. The molecule has 2 aromatic carbocycles. The minimum atomic E-state index is -0.420. The Labute approximate surface area is 133 Å². The molecule has 1 fully saturated rings. The second-order valence-corrected chi connectivity index (χ2v) is 7.51. The van der Waals surface area contributed by atoms with Gasteiger partial charge in [-0.2, -0.15) is 0 Å². The van der Waals surface area contributed by atoms with Gasteiger partial charge >= 0.3 is 0 Å². The van der Waals surface area contributed by atoms with Crippen LogP contribution < -0.4 is 0 Å². The Kier molecular flexibility index (Phi) is 4.10. The molecule has 1 aliphatic carbocycles.